The third-order valence-electron chi connectivity index (χ3n) is 2.73. The summed E-state index contributed by atoms with van der Waals surface area (Å²) in [5, 5.41) is 8.57. The van der Waals surface area contributed by atoms with Crippen molar-refractivity contribution in [2.75, 3.05) is 6.61 Å². The lowest BCUT2D eigenvalue weighted by molar-refractivity contribution is 0.350. The van der Waals surface area contributed by atoms with Gasteiger partial charge >= 0.3 is 0 Å². The summed E-state index contributed by atoms with van der Waals surface area (Å²) in [5.74, 6) is 4.37. The highest BCUT2D eigenvalue weighted by Crippen LogP contribution is 2.16. The van der Waals surface area contributed by atoms with Gasteiger partial charge in [0.1, 0.15) is 12.4 Å². The minimum Gasteiger partial charge on any atom is -0.384 e. The van der Waals surface area contributed by atoms with E-state index in [1.54, 1.807) is 6.92 Å². The van der Waals surface area contributed by atoms with Gasteiger partial charge in [0.15, 0.2) is 0 Å². The number of hydrogen-bond acceptors (Lipinski definition) is 3. The highest BCUT2D eigenvalue weighted by atomic mass is 32.2. The van der Waals surface area contributed by atoms with Crippen LogP contribution in [0, 0.1) is 23.6 Å². The van der Waals surface area contributed by atoms with Gasteiger partial charge in [0.2, 0.25) is 10.0 Å². The number of nitrogens with one attached hydrogen (secondary N) is 1. The first kappa shape index (κ1) is 17.6. The monoisotopic (exact) mass is 313 g/mol. The van der Waals surface area contributed by atoms with Crippen molar-refractivity contribution in [2.45, 2.75) is 38.1 Å². The number of sulfonamides is 1. The number of halogens is 1. The highest BCUT2D eigenvalue weighted by molar-refractivity contribution is 7.89. The molecule has 116 valence electrons. The second kappa shape index (κ2) is 7.55. The SMILES string of the molecule is CC(C)CC(C)NS(=O)(=O)c1ccc(C#CCO)c(F)c1. The summed E-state index contributed by atoms with van der Waals surface area (Å²) in [6, 6.07) is 3.30. The Balaban J connectivity index is 2.97. The third kappa shape index (κ3) is 5.46. The van der Waals surface area contributed by atoms with Crippen molar-refractivity contribution < 1.29 is 17.9 Å². The number of hydrogen-bond donors (Lipinski definition) is 2. The summed E-state index contributed by atoms with van der Waals surface area (Å²) in [4.78, 5) is -0.134. The molecule has 0 amide bonds. The van der Waals surface area contributed by atoms with Gasteiger partial charge in [0.05, 0.1) is 10.5 Å². The van der Waals surface area contributed by atoms with E-state index in [0.29, 0.717) is 12.3 Å². The lowest BCUT2D eigenvalue weighted by Gasteiger charge is -2.16. The zero-order chi connectivity index (χ0) is 16.0. The molecule has 1 unspecified atom stereocenters. The topological polar surface area (TPSA) is 66.4 Å². The Bertz CT molecular complexity index is 645. The van der Waals surface area contributed by atoms with Crippen LogP contribution in [0.4, 0.5) is 4.39 Å². The first-order chi connectivity index (χ1) is 9.76. The first-order valence-electron chi connectivity index (χ1n) is 6.68. The van der Waals surface area contributed by atoms with Crippen LogP contribution in [0.2, 0.25) is 0 Å². The van der Waals surface area contributed by atoms with Gasteiger partial charge in [-0.25, -0.2) is 17.5 Å². The summed E-state index contributed by atoms with van der Waals surface area (Å²) in [5.41, 5.74) is 0.0539. The van der Waals surface area contributed by atoms with Gasteiger partial charge in [-0.15, -0.1) is 0 Å². The molecule has 1 aromatic rings. The van der Waals surface area contributed by atoms with Crippen LogP contribution in [0.5, 0.6) is 0 Å². The largest absolute Gasteiger partial charge is 0.384 e. The lowest BCUT2D eigenvalue weighted by Crippen LogP contribution is -2.33. The van der Waals surface area contributed by atoms with Crippen molar-refractivity contribution in [3.05, 3.63) is 29.6 Å². The minimum atomic E-state index is -3.75. The van der Waals surface area contributed by atoms with Crippen LogP contribution in [0.25, 0.3) is 0 Å². The maximum absolute atomic E-state index is 13.8. The smallest absolute Gasteiger partial charge is 0.240 e. The van der Waals surface area contributed by atoms with E-state index in [1.165, 1.54) is 12.1 Å². The number of aliphatic hydroxyl groups excluding tert-OH is 1. The molecule has 0 heterocycles. The van der Waals surface area contributed by atoms with Gasteiger partial charge in [-0.05, 0) is 37.5 Å². The number of aliphatic hydroxyl groups is 1. The molecule has 0 aromatic heterocycles. The van der Waals surface area contributed by atoms with E-state index in [2.05, 4.69) is 16.6 Å². The predicted octanol–water partition coefficient (Wildman–Crippen LogP) is 1.88. The lowest BCUT2D eigenvalue weighted by atomic mass is 10.1. The second-order valence-corrected chi connectivity index (χ2v) is 6.97. The van der Waals surface area contributed by atoms with Crippen molar-refractivity contribution >= 4 is 10.0 Å². The third-order valence-corrected chi connectivity index (χ3v) is 4.32. The molecule has 0 saturated carbocycles. The fraction of sp³-hybridized carbons (Fsp3) is 0.467. The average Bonchev–Trinajstić information content (AvgIpc) is 2.35. The van der Waals surface area contributed by atoms with Crippen molar-refractivity contribution in [1.29, 1.82) is 0 Å². The maximum Gasteiger partial charge on any atom is 0.240 e. The Morgan fingerprint density at radius 1 is 1.33 bits per heavy atom. The summed E-state index contributed by atoms with van der Waals surface area (Å²) in [7, 11) is -3.75. The molecule has 21 heavy (non-hydrogen) atoms. The molecule has 2 N–H and O–H groups in total. The highest BCUT2D eigenvalue weighted by Gasteiger charge is 2.19. The van der Waals surface area contributed by atoms with Crippen molar-refractivity contribution in [3.63, 3.8) is 0 Å². The molecule has 0 saturated heterocycles. The van der Waals surface area contributed by atoms with Gasteiger partial charge in [-0.2, -0.15) is 0 Å². The molecule has 1 aromatic carbocycles. The summed E-state index contributed by atoms with van der Waals surface area (Å²) in [6.07, 6.45) is 0.696. The Labute approximate surface area is 125 Å². The Hall–Kier alpha value is -1.42. The molecule has 0 spiro atoms. The molecule has 0 fully saturated rings. The summed E-state index contributed by atoms with van der Waals surface area (Å²) >= 11 is 0. The van der Waals surface area contributed by atoms with Crippen LogP contribution in [-0.4, -0.2) is 26.2 Å². The van der Waals surface area contributed by atoms with E-state index in [-0.39, 0.29) is 23.1 Å². The molecule has 0 aliphatic carbocycles. The fourth-order valence-corrected chi connectivity index (χ4v) is 3.26. The minimum absolute atomic E-state index is 0.0539. The predicted molar refractivity (Wildman–Crippen MR) is 79.6 cm³/mol. The molecule has 0 aliphatic heterocycles. The van der Waals surface area contributed by atoms with Crippen LogP contribution in [0.3, 0.4) is 0 Å². The molecule has 0 bridgehead atoms. The van der Waals surface area contributed by atoms with E-state index in [0.717, 1.165) is 6.07 Å². The van der Waals surface area contributed by atoms with Crippen LogP contribution in [0.1, 0.15) is 32.8 Å². The molecule has 1 rings (SSSR count). The van der Waals surface area contributed by atoms with E-state index in [1.807, 2.05) is 13.8 Å². The van der Waals surface area contributed by atoms with Gasteiger partial charge in [0.25, 0.3) is 0 Å². The molecule has 0 aliphatic rings. The van der Waals surface area contributed by atoms with Gasteiger partial charge in [-0.1, -0.05) is 25.7 Å². The van der Waals surface area contributed by atoms with Gasteiger partial charge in [-0.3, -0.25) is 0 Å². The normalized spacial score (nSPS) is 12.9. The quantitative estimate of drug-likeness (QED) is 0.816. The van der Waals surface area contributed by atoms with Crippen molar-refractivity contribution in [2.24, 2.45) is 5.92 Å². The van der Waals surface area contributed by atoms with Crippen molar-refractivity contribution in [3.8, 4) is 11.8 Å². The standard InChI is InChI=1S/C15H20FNO3S/c1-11(2)9-12(3)17-21(19,20)14-7-6-13(5-4-8-18)15(16)10-14/h6-7,10-12,17-18H,8-9H2,1-3H3. The Morgan fingerprint density at radius 3 is 2.52 bits per heavy atom. The van der Waals surface area contributed by atoms with Crippen LogP contribution in [0.15, 0.2) is 23.1 Å². The molecular weight excluding hydrogens is 293 g/mol. The molecule has 4 nitrogen and oxygen atoms in total. The zero-order valence-corrected chi connectivity index (χ0v) is 13.2. The average molecular weight is 313 g/mol. The molecule has 6 heteroatoms. The Kier molecular flexibility index (Phi) is 6.34. The Morgan fingerprint density at radius 2 is 2.00 bits per heavy atom. The van der Waals surface area contributed by atoms with Gasteiger partial charge < -0.3 is 5.11 Å². The summed E-state index contributed by atoms with van der Waals surface area (Å²) < 4.78 is 40.6. The van der Waals surface area contributed by atoms with E-state index < -0.39 is 15.8 Å². The maximum atomic E-state index is 13.8. The first-order valence-corrected chi connectivity index (χ1v) is 8.16. The molecular formula is C15H20FNO3S. The van der Waals surface area contributed by atoms with Crippen molar-refractivity contribution in [1.82, 2.24) is 4.72 Å². The number of benzene rings is 1. The fourth-order valence-electron chi connectivity index (χ4n) is 1.99. The zero-order valence-electron chi connectivity index (χ0n) is 12.4. The van der Waals surface area contributed by atoms with E-state index in [4.69, 9.17) is 5.11 Å². The number of rotatable bonds is 5. The van der Waals surface area contributed by atoms with E-state index in [9.17, 15) is 12.8 Å². The van der Waals surface area contributed by atoms with Crippen LogP contribution < -0.4 is 4.72 Å². The van der Waals surface area contributed by atoms with Crippen LogP contribution >= 0.6 is 0 Å². The second-order valence-electron chi connectivity index (χ2n) is 5.25. The van der Waals surface area contributed by atoms with Gasteiger partial charge in [0, 0.05) is 6.04 Å². The molecule has 0 radical (unpaired) electrons. The van der Waals surface area contributed by atoms with Crippen LogP contribution in [-0.2, 0) is 10.0 Å². The molecule has 1 atom stereocenters. The summed E-state index contributed by atoms with van der Waals surface area (Å²) in [6.45, 7) is 5.39. The van der Waals surface area contributed by atoms with E-state index >= 15 is 0 Å².